The van der Waals surface area contributed by atoms with Crippen molar-refractivity contribution in [1.29, 1.82) is 0 Å². The molecule has 0 bridgehead atoms. The number of rotatable bonds is 4. The van der Waals surface area contributed by atoms with E-state index in [4.69, 9.17) is 4.98 Å². The molecule has 2 aliphatic rings. The molecule has 0 aromatic carbocycles. The van der Waals surface area contributed by atoms with Crippen molar-refractivity contribution in [3.63, 3.8) is 0 Å². The Morgan fingerprint density at radius 2 is 1.77 bits per heavy atom. The molecule has 0 aliphatic carbocycles. The summed E-state index contributed by atoms with van der Waals surface area (Å²) >= 11 is 0. The minimum atomic E-state index is 0.743. The first-order valence-corrected chi connectivity index (χ1v) is 9.85. The highest BCUT2D eigenvalue weighted by Crippen LogP contribution is 2.23. The molecule has 0 spiro atoms. The summed E-state index contributed by atoms with van der Waals surface area (Å²) in [6.45, 7) is 9.98. The highest BCUT2D eigenvalue weighted by Gasteiger charge is 2.25. The third-order valence-electron chi connectivity index (χ3n) is 5.58. The Kier molecular flexibility index (Phi) is 5.34. The van der Waals surface area contributed by atoms with Crippen LogP contribution in [0.4, 0.5) is 11.6 Å². The van der Waals surface area contributed by atoms with Crippen LogP contribution >= 0.6 is 0 Å². The van der Waals surface area contributed by atoms with Crippen molar-refractivity contribution in [2.24, 2.45) is 5.92 Å². The molecule has 2 aliphatic heterocycles. The summed E-state index contributed by atoms with van der Waals surface area (Å²) < 4.78 is 0. The molecule has 5 nitrogen and oxygen atoms in total. The average Bonchev–Trinajstić information content (AvgIpc) is 2.69. The quantitative estimate of drug-likeness (QED) is 0.846. The van der Waals surface area contributed by atoms with Crippen molar-refractivity contribution in [3.05, 3.63) is 48.3 Å². The monoisotopic (exact) mass is 351 g/mol. The molecule has 138 valence electrons. The number of nitrogens with zero attached hydrogens (tertiary/aromatic N) is 5. The zero-order valence-corrected chi connectivity index (χ0v) is 15.7. The third kappa shape index (κ3) is 4.15. The van der Waals surface area contributed by atoms with Gasteiger partial charge in [-0.3, -0.25) is 4.90 Å². The van der Waals surface area contributed by atoms with Gasteiger partial charge in [-0.05, 0) is 49.9 Å². The fourth-order valence-electron chi connectivity index (χ4n) is 4.19. The molecular formula is C21H29N5. The predicted octanol–water partition coefficient (Wildman–Crippen LogP) is 2.82. The van der Waals surface area contributed by atoms with Gasteiger partial charge in [-0.15, -0.1) is 0 Å². The van der Waals surface area contributed by atoms with Crippen LogP contribution in [0.2, 0.25) is 0 Å². The van der Waals surface area contributed by atoms with E-state index in [9.17, 15) is 0 Å². The maximum atomic E-state index is 4.72. The molecule has 0 radical (unpaired) electrons. The van der Waals surface area contributed by atoms with E-state index in [1.165, 1.54) is 19.4 Å². The second-order valence-electron chi connectivity index (χ2n) is 7.57. The van der Waals surface area contributed by atoms with Crippen molar-refractivity contribution in [2.75, 3.05) is 55.6 Å². The van der Waals surface area contributed by atoms with Gasteiger partial charge in [0.15, 0.2) is 0 Å². The second kappa shape index (κ2) is 8.04. The van der Waals surface area contributed by atoms with Gasteiger partial charge in [-0.25, -0.2) is 9.97 Å². The van der Waals surface area contributed by atoms with E-state index in [0.717, 1.165) is 62.5 Å². The van der Waals surface area contributed by atoms with Crippen LogP contribution in [0.3, 0.4) is 0 Å². The largest absolute Gasteiger partial charge is 0.356 e. The van der Waals surface area contributed by atoms with Crippen LogP contribution in [0.1, 0.15) is 18.5 Å². The maximum absolute atomic E-state index is 4.72. The molecule has 0 N–H and O–H groups in total. The van der Waals surface area contributed by atoms with Crippen molar-refractivity contribution in [2.45, 2.75) is 19.8 Å². The Hall–Kier alpha value is -2.14. The standard InChI is InChI=1S/C21H29N5/c1-18-6-4-9-21(23-18)26-11-5-7-19(17-26)16-24-12-14-25(15-13-24)20-8-2-3-10-22-20/h2-4,6,8-10,19H,5,7,11-17H2,1H3. The molecule has 2 fully saturated rings. The van der Waals surface area contributed by atoms with Crippen molar-refractivity contribution >= 4 is 11.6 Å². The first-order valence-electron chi connectivity index (χ1n) is 9.85. The Morgan fingerprint density at radius 3 is 2.54 bits per heavy atom. The van der Waals surface area contributed by atoms with E-state index in [1.807, 2.05) is 12.3 Å². The van der Waals surface area contributed by atoms with Gasteiger partial charge in [0.05, 0.1) is 0 Å². The topological polar surface area (TPSA) is 35.5 Å². The maximum Gasteiger partial charge on any atom is 0.128 e. The van der Waals surface area contributed by atoms with E-state index in [1.54, 1.807) is 0 Å². The average molecular weight is 351 g/mol. The molecule has 1 atom stereocenters. The molecule has 2 aromatic rings. The lowest BCUT2D eigenvalue weighted by Crippen LogP contribution is -2.50. The van der Waals surface area contributed by atoms with Crippen LogP contribution in [-0.2, 0) is 0 Å². The summed E-state index contributed by atoms with van der Waals surface area (Å²) in [5.41, 5.74) is 1.11. The molecule has 1 unspecified atom stereocenters. The Bertz CT molecular complexity index is 697. The lowest BCUT2D eigenvalue weighted by atomic mass is 9.97. The van der Waals surface area contributed by atoms with E-state index < -0.39 is 0 Å². The van der Waals surface area contributed by atoms with Crippen LogP contribution < -0.4 is 9.80 Å². The van der Waals surface area contributed by atoms with Gasteiger partial charge in [0.1, 0.15) is 11.6 Å². The zero-order valence-electron chi connectivity index (χ0n) is 15.7. The van der Waals surface area contributed by atoms with Gasteiger partial charge in [0.25, 0.3) is 0 Å². The van der Waals surface area contributed by atoms with E-state index in [0.29, 0.717) is 0 Å². The predicted molar refractivity (Wildman–Crippen MR) is 107 cm³/mol. The van der Waals surface area contributed by atoms with Crippen LogP contribution in [-0.4, -0.2) is 60.7 Å². The minimum absolute atomic E-state index is 0.743. The van der Waals surface area contributed by atoms with Crippen molar-refractivity contribution in [1.82, 2.24) is 14.9 Å². The van der Waals surface area contributed by atoms with E-state index >= 15 is 0 Å². The Morgan fingerprint density at radius 1 is 0.923 bits per heavy atom. The fourth-order valence-corrected chi connectivity index (χ4v) is 4.19. The molecule has 26 heavy (non-hydrogen) atoms. The summed E-state index contributed by atoms with van der Waals surface area (Å²) in [5.74, 6) is 3.00. The van der Waals surface area contributed by atoms with Gasteiger partial charge in [-0.1, -0.05) is 12.1 Å². The minimum Gasteiger partial charge on any atom is -0.356 e. The summed E-state index contributed by atoms with van der Waals surface area (Å²) in [6.07, 6.45) is 4.49. The SMILES string of the molecule is Cc1cccc(N2CCCC(CN3CCN(c4ccccn4)CC3)C2)n1. The molecule has 2 saturated heterocycles. The second-order valence-corrected chi connectivity index (χ2v) is 7.57. The third-order valence-corrected chi connectivity index (χ3v) is 5.58. The van der Waals surface area contributed by atoms with Gasteiger partial charge < -0.3 is 9.80 Å². The first kappa shape index (κ1) is 17.3. The molecule has 4 heterocycles. The number of hydrogen-bond acceptors (Lipinski definition) is 5. The van der Waals surface area contributed by atoms with Crippen LogP contribution in [0.25, 0.3) is 0 Å². The molecule has 5 heteroatoms. The fraction of sp³-hybridized carbons (Fsp3) is 0.524. The molecular weight excluding hydrogens is 322 g/mol. The number of piperazine rings is 1. The lowest BCUT2D eigenvalue weighted by molar-refractivity contribution is 0.205. The number of piperidine rings is 1. The normalized spacial score (nSPS) is 21.8. The highest BCUT2D eigenvalue weighted by atomic mass is 15.3. The molecule has 4 rings (SSSR count). The summed E-state index contributed by atoms with van der Waals surface area (Å²) in [4.78, 5) is 16.7. The Labute approximate surface area is 156 Å². The Balaban J connectivity index is 1.29. The number of hydrogen-bond donors (Lipinski definition) is 0. The molecule has 0 amide bonds. The zero-order chi connectivity index (χ0) is 17.8. The number of anilines is 2. The summed E-state index contributed by atoms with van der Waals surface area (Å²) in [5, 5.41) is 0. The van der Waals surface area contributed by atoms with Crippen LogP contribution in [0.5, 0.6) is 0 Å². The highest BCUT2D eigenvalue weighted by molar-refractivity contribution is 5.40. The van der Waals surface area contributed by atoms with Crippen LogP contribution in [0, 0.1) is 12.8 Å². The van der Waals surface area contributed by atoms with Gasteiger partial charge in [0.2, 0.25) is 0 Å². The van der Waals surface area contributed by atoms with Gasteiger partial charge in [0, 0.05) is 57.7 Å². The molecule has 2 aromatic heterocycles. The first-order chi connectivity index (χ1) is 12.8. The number of pyridine rings is 2. The van der Waals surface area contributed by atoms with Crippen molar-refractivity contribution < 1.29 is 0 Å². The number of aryl methyl sites for hydroxylation is 1. The smallest absolute Gasteiger partial charge is 0.128 e. The van der Waals surface area contributed by atoms with E-state index in [-0.39, 0.29) is 0 Å². The number of aromatic nitrogens is 2. The van der Waals surface area contributed by atoms with Crippen molar-refractivity contribution in [3.8, 4) is 0 Å². The van der Waals surface area contributed by atoms with E-state index in [2.05, 4.69) is 56.9 Å². The summed E-state index contributed by atoms with van der Waals surface area (Å²) in [6, 6.07) is 12.5. The van der Waals surface area contributed by atoms with Gasteiger partial charge >= 0.3 is 0 Å². The lowest BCUT2D eigenvalue weighted by Gasteiger charge is -2.40. The summed E-state index contributed by atoms with van der Waals surface area (Å²) in [7, 11) is 0. The van der Waals surface area contributed by atoms with Crippen LogP contribution in [0.15, 0.2) is 42.6 Å². The molecule has 0 saturated carbocycles. The van der Waals surface area contributed by atoms with Gasteiger partial charge in [-0.2, -0.15) is 0 Å².